The molecule has 156 valence electrons. The van der Waals surface area contributed by atoms with Gasteiger partial charge in [-0.3, -0.25) is 9.89 Å². The molecule has 0 saturated carbocycles. The average Bonchev–Trinajstić information content (AvgIpc) is 3.14. The zero-order chi connectivity index (χ0) is 21.8. The Balaban J connectivity index is 1.44. The van der Waals surface area contributed by atoms with E-state index in [1.54, 1.807) is 24.3 Å². The lowest BCUT2D eigenvalue weighted by atomic mass is 10.2. The molecule has 4 rings (SSSR count). The molecular weight excluding hydrogens is 432 g/mol. The predicted octanol–water partition coefficient (Wildman–Crippen LogP) is 5.62. The molecule has 0 radical (unpaired) electrons. The number of carbonyl (C=O) groups excluding carboxylic acids is 1. The lowest BCUT2D eigenvalue weighted by Crippen LogP contribution is -2.12. The van der Waals surface area contributed by atoms with Crippen molar-refractivity contribution in [1.29, 1.82) is 0 Å². The van der Waals surface area contributed by atoms with E-state index in [4.69, 9.17) is 11.6 Å². The van der Waals surface area contributed by atoms with E-state index < -0.39 is 0 Å². The molecule has 1 amide bonds. The average molecular weight is 451 g/mol. The molecule has 9 heteroatoms. The van der Waals surface area contributed by atoms with E-state index in [1.165, 1.54) is 11.8 Å². The lowest BCUT2D eigenvalue weighted by molar-refractivity contribution is 0.102. The van der Waals surface area contributed by atoms with Crippen LogP contribution < -0.4 is 10.6 Å². The molecule has 0 saturated heterocycles. The highest BCUT2D eigenvalue weighted by Crippen LogP contribution is 2.28. The molecule has 31 heavy (non-hydrogen) atoms. The van der Waals surface area contributed by atoms with Crippen LogP contribution >= 0.6 is 23.4 Å². The first-order valence-corrected chi connectivity index (χ1v) is 10.6. The summed E-state index contributed by atoms with van der Waals surface area (Å²) >= 11 is 7.53. The number of nitrogens with one attached hydrogen (secondary N) is 3. The Kier molecular flexibility index (Phi) is 6.20. The normalized spacial score (nSPS) is 10.7. The Bertz CT molecular complexity index is 1220. The highest BCUT2D eigenvalue weighted by molar-refractivity contribution is 7.99. The summed E-state index contributed by atoms with van der Waals surface area (Å²) in [6.45, 7) is 3.83. The van der Waals surface area contributed by atoms with E-state index in [9.17, 15) is 4.79 Å². The van der Waals surface area contributed by atoms with Crippen molar-refractivity contribution in [2.45, 2.75) is 23.9 Å². The van der Waals surface area contributed by atoms with Crippen LogP contribution in [0.25, 0.3) is 0 Å². The Labute approximate surface area is 188 Å². The van der Waals surface area contributed by atoms with E-state index >= 15 is 0 Å². The third-order valence-electron chi connectivity index (χ3n) is 4.24. The molecule has 2 heterocycles. The van der Waals surface area contributed by atoms with Crippen LogP contribution in [0.15, 0.2) is 70.7 Å². The van der Waals surface area contributed by atoms with Crippen LogP contribution in [0, 0.1) is 13.8 Å². The smallest absolute Gasteiger partial charge is 0.257 e. The highest BCUT2D eigenvalue weighted by atomic mass is 35.5. The van der Waals surface area contributed by atoms with E-state index in [2.05, 4.69) is 30.8 Å². The number of hydrogen-bond donors (Lipinski definition) is 3. The largest absolute Gasteiger partial charge is 0.325 e. The Morgan fingerprint density at radius 1 is 1.00 bits per heavy atom. The van der Waals surface area contributed by atoms with Crippen LogP contribution in [0.3, 0.4) is 0 Å². The van der Waals surface area contributed by atoms with E-state index in [1.807, 2.05) is 50.2 Å². The topological polar surface area (TPSA) is 95.6 Å². The number of carbonyl (C=O) groups is 1. The molecule has 3 N–H and O–H groups in total. The van der Waals surface area contributed by atoms with Gasteiger partial charge in [0.25, 0.3) is 5.91 Å². The maximum Gasteiger partial charge on any atom is 0.257 e. The van der Waals surface area contributed by atoms with Gasteiger partial charge in [-0.25, -0.2) is 9.97 Å². The van der Waals surface area contributed by atoms with Crippen LogP contribution in [0.2, 0.25) is 5.02 Å². The molecule has 0 atom stereocenters. The van der Waals surface area contributed by atoms with Crippen molar-refractivity contribution >= 4 is 46.6 Å². The number of H-pyrrole nitrogens is 1. The molecule has 4 aromatic rings. The molecular formula is C22H19ClN6OS. The fraction of sp³-hybridized carbons (Fsp3) is 0.0909. The maximum absolute atomic E-state index is 12.4. The van der Waals surface area contributed by atoms with Crippen molar-refractivity contribution in [3.63, 3.8) is 0 Å². The molecule has 0 aliphatic carbocycles. The quantitative estimate of drug-likeness (QED) is 0.330. The number of nitrogens with zero attached hydrogens (tertiary/aromatic N) is 3. The third-order valence-corrected chi connectivity index (χ3v) is 5.44. The summed E-state index contributed by atoms with van der Waals surface area (Å²) in [7, 11) is 0. The van der Waals surface area contributed by atoms with Crippen LogP contribution in [0.1, 0.15) is 21.7 Å². The predicted molar refractivity (Wildman–Crippen MR) is 123 cm³/mol. The van der Waals surface area contributed by atoms with E-state index in [0.29, 0.717) is 27.2 Å². The second kappa shape index (κ2) is 9.20. The lowest BCUT2D eigenvalue weighted by Gasteiger charge is -2.09. The fourth-order valence-electron chi connectivity index (χ4n) is 2.83. The number of aromatic nitrogens is 4. The number of anilines is 3. The highest BCUT2D eigenvalue weighted by Gasteiger charge is 2.10. The molecule has 0 spiro atoms. The van der Waals surface area contributed by atoms with Gasteiger partial charge in [-0.2, -0.15) is 5.10 Å². The van der Waals surface area contributed by atoms with Gasteiger partial charge in [-0.05, 0) is 62.0 Å². The number of benzene rings is 2. The van der Waals surface area contributed by atoms with E-state index in [-0.39, 0.29) is 5.91 Å². The van der Waals surface area contributed by atoms with Gasteiger partial charge in [0, 0.05) is 28.4 Å². The Hall–Kier alpha value is -3.36. The van der Waals surface area contributed by atoms with Crippen molar-refractivity contribution in [2.24, 2.45) is 0 Å². The zero-order valence-electron chi connectivity index (χ0n) is 16.8. The van der Waals surface area contributed by atoms with Crippen molar-refractivity contribution in [2.75, 3.05) is 10.6 Å². The number of aromatic amines is 1. The van der Waals surface area contributed by atoms with Gasteiger partial charge in [-0.1, -0.05) is 23.7 Å². The second-order valence-corrected chi connectivity index (χ2v) is 8.23. The third kappa shape index (κ3) is 5.42. The molecule has 0 bridgehead atoms. The summed E-state index contributed by atoms with van der Waals surface area (Å²) < 4.78 is 0. The van der Waals surface area contributed by atoms with Gasteiger partial charge in [-0.15, -0.1) is 0 Å². The standard InChI is InChI=1S/C22H19ClN6OS/c1-13-11-19(26-20-12-14(2)28-29-20)27-22(24-13)31-16-9-7-15(8-10-16)25-21(30)17-5-3-4-6-18(17)23/h3-12H,1-2H3,(H,25,30)(H2,24,26,27,28,29). The van der Waals surface area contributed by atoms with Crippen LogP contribution in [-0.2, 0) is 0 Å². The molecule has 7 nitrogen and oxygen atoms in total. The van der Waals surface area contributed by atoms with Crippen LogP contribution in [-0.4, -0.2) is 26.1 Å². The minimum Gasteiger partial charge on any atom is -0.325 e. The number of aryl methyl sites for hydroxylation is 2. The summed E-state index contributed by atoms with van der Waals surface area (Å²) in [4.78, 5) is 22.4. The zero-order valence-corrected chi connectivity index (χ0v) is 18.4. The summed E-state index contributed by atoms with van der Waals surface area (Å²) in [5, 5.41) is 14.1. The number of amides is 1. The summed E-state index contributed by atoms with van der Waals surface area (Å²) in [6.07, 6.45) is 0. The molecule has 2 aromatic heterocycles. The first-order chi connectivity index (χ1) is 15.0. The second-order valence-electron chi connectivity index (χ2n) is 6.79. The van der Waals surface area contributed by atoms with Gasteiger partial charge in [0.2, 0.25) is 0 Å². The minimum absolute atomic E-state index is 0.252. The number of rotatable bonds is 6. The molecule has 2 aromatic carbocycles. The summed E-state index contributed by atoms with van der Waals surface area (Å²) in [5.41, 5.74) is 2.85. The van der Waals surface area contributed by atoms with Crippen molar-refractivity contribution < 1.29 is 4.79 Å². The number of hydrogen-bond acceptors (Lipinski definition) is 6. The minimum atomic E-state index is -0.252. The fourth-order valence-corrected chi connectivity index (χ4v) is 3.87. The molecule has 0 aliphatic rings. The number of halogens is 1. The van der Waals surface area contributed by atoms with Gasteiger partial charge in [0.05, 0.1) is 16.3 Å². The first kappa shape index (κ1) is 20.9. The summed E-state index contributed by atoms with van der Waals surface area (Å²) in [5.74, 6) is 1.20. The van der Waals surface area contributed by atoms with Crippen molar-refractivity contribution in [3.05, 3.63) is 82.6 Å². The maximum atomic E-state index is 12.4. The van der Waals surface area contributed by atoms with Gasteiger partial charge < -0.3 is 10.6 Å². The first-order valence-electron chi connectivity index (χ1n) is 9.45. The van der Waals surface area contributed by atoms with Gasteiger partial charge >= 0.3 is 0 Å². The molecule has 0 fully saturated rings. The monoisotopic (exact) mass is 450 g/mol. The summed E-state index contributed by atoms with van der Waals surface area (Å²) in [6, 6.07) is 18.2. The Morgan fingerprint density at radius 3 is 2.48 bits per heavy atom. The van der Waals surface area contributed by atoms with Crippen molar-refractivity contribution in [1.82, 2.24) is 20.2 Å². The van der Waals surface area contributed by atoms with Gasteiger partial charge in [0.1, 0.15) is 11.6 Å². The SMILES string of the molecule is Cc1cc(Nc2cc(C)nc(Sc3ccc(NC(=O)c4ccccc4Cl)cc3)n2)[nH]n1. The molecule has 0 unspecified atom stereocenters. The van der Waals surface area contributed by atoms with Crippen LogP contribution in [0.4, 0.5) is 17.3 Å². The van der Waals surface area contributed by atoms with E-state index in [0.717, 1.165) is 22.1 Å². The van der Waals surface area contributed by atoms with Gasteiger partial charge in [0.15, 0.2) is 5.16 Å². The van der Waals surface area contributed by atoms with Crippen molar-refractivity contribution in [3.8, 4) is 0 Å². The van der Waals surface area contributed by atoms with Crippen LogP contribution in [0.5, 0.6) is 0 Å². The molecule has 0 aliphatic heterocycles. The Morgan fingerprint density at radius 2 is 1.77 bits per heavy atom.